The Morgan fingerprint density at radius 3 is 2.70 bits per heavy atom. The summed E-state index contributed by atoms with van der Waals surface area (Å²) in [6, 6.07) is 15.1. The van der Waals surface area contributed by atoms with Gasteiger partial charge in [-0.2, -0.15) is 0 Å². The minimum Gasteiger partial charge on any atom is -0.452 e. The molecule has 1 heterocycles. The second-order valence-corrected chi connectivity index (χ2v) is 7.19. The molecule has 0 atom stereocenters. The van der Waals surface area contributed by atoms with Gasteiger partial charge in [0.05, 0.1) is 10.2 Å². The number of carbonyl (C=O) groups excluding carboxylic acids is 2. The lowest BCUT2D eigenvalue weighted by Gasteiger charge is -2.05. The van der Waals surface area contributed by atoms with Crippen molar-refractivity contribution in [1.82, 2.24) is 10.3 Å². The number of carbonyl (C=O) groups is 2. The number of aromatic nitrogens is 1. The Labute approximate surface area is 165 Å². The van der Waals surface area contributed by atoms with Crippen molar-refractivity contribution in [3.05, 3.63) is 70.2 Å². The van der Waals surface area contributed by atoms with E-state index < -0.39 is 5.97 Å². The van der Waals surface area contributed by atoms with Crippen LogP contribution in [0, 0.1) is 0 Å². The Balaban J connectivity index is 1.39. The molecule has 5 nitrogen and oxygen atoms in total. The maximum absolute atomic E-state index is 11.7. The predicted octanol–water partition coefficient (Wildman–Crippen LogP) is 3.87. The van der Waals surface area contributed by atoms with Gasteiger partial charge in [0.15, 0.2) is 6.61 Å². The molecule has 0 aliphatic rings. The summed E-state index contributed by atoms with van der Waals surface area (Å²) in [7, 11) is 0. The number of para-hydroxylation sites is 1. The number of nitrogens with zero attached hydrogens (tertiary/aromatic N) is 1. The highest BCUT2D eigenvalue weighted by Crippen LogP contribution is 2.22. The van der Waals surface area contributed by atoms with Crippen LogP contribution in [0.3, 0.4) is 0 Å². The highest BCUT2D eigenvalue weighted by molar-refractivity contribution is 7.19. The molecule has 1 aromatic heterocycles. The van der Waals surface area contributed by atoms with Gasteiger partial charge in [-0.05, 0) is 42.3 Å². The number of rotatable bonds is 7. The van der Waals surface area contributed by atoms with E-state index in [1.165, 1.54) is 17.4 Å². The van der Waals surface area contributed by atoms with Crippen molar-refractivity contribution in [1.29, 1.82) is 0 Å². The molecule has 1 N–H and O–H groups in total. The van der Waals surface area contributed by atoms with E-state index in [0.717, 1.165) is 15.8 Å². The first-order chi connectivity index (χ1) is 13.1. The number of ether oxygens (including phenoxy) is 1. The SMILES string of the molecule is O=C(COC(=O)/C=C/c1nc2ccccc2s1)NCCc1ccc(Cl)cc1. The first kappa shape index (κ1) is 19.1. The molecule has 3 rings (SSSR count). The van der Waals surface area contributed by atoms with Crippen molar-refractivity contribution in [3.63, 3.8) is 0 Å². The van der Waals surface area contributed by atoms with Gasteiger partial charge in [0.25, 0.3) is 5.91 Å². The van der Waals surface area contributed by atoms with Gasteiger partial charge in [0.1, 0.15) is 5.01 Å². The average Bonchev–Trinajstić information content (AvgIpc) is 3.09. The van der Waals surface area contributed by atoms with Gasteiger partial charge in [0.2, 0.25) is 0 Å². The van der Waals surface area contributed by atoms with Crippen LogP contribution in [0.25, 0.3) is 16.3 Å². The molecule has 0 saturated carbocycles. The molecule has 0 saturated heterocycles. The summed E-state index contributed by atoms with van der Waals surface area (Å²) in [4.78, 5) is 27.9. The summed E-state index contributed by atoms with van der Waals surface area (Å²) in [6.45, 7) is 0.142. The molecule has 0 fully saturated rings. The van der Waals surface area contributed by atoms with Crippen molar-refractivity contribution < 1.29 is 14.3 Å². The third-order valence-electron chi connectivity index (χ3n) is 3.67. The van der Waals surface area contributed by atoms with Gasteiger partial charge < -0.3 is 10.1 Å². The van der Waals surface area contributed by atoms with Gasteiger partial charge >= 0.3 is 5.97 Å². The van der Waals surface area contributed by atoms with Crippen LogP contribution in [-0.2, 0) is 20.7 Å². The zero-order valence-corrected chi connectivity index (χ0v) is 15.9. The summed E-state index contributed by atoms with van der Waals surface area (Å²) < 4.78 is 5.99. The Hall–Kier alpha value is -2.70. The summed E-state index contributed by atoms with van der Waals surface area (Å²) >= 11 is 7.31. The van der Waals surface area contributed by atoms with Crippen LogP contribution in [-0.4, -0.2) is 30.0 Å². The molecule has 3 aromatic rings. The first-order valence-corrected chi connectivity index (χ1v) is 9.51. The number of thiazole rings is 1. The van der Waals surface area contributed by atoms with Crippen molar-refractivity contribution in [2.45, 2.75) is 6.42 Å². The van der Waals surface area contributed by atoms with Gasteiger partial charge in [0, 0.05) is 17.6 Å². The second-order valence-electron chi connectivity index (χ2n) is 5.69. The van der Waals surface area contributed by atoms with Crippen molar-refractivity contribution in [2.75, 3.05) is 13.2 Å². The van der Waals surface area contributed by atoms with E-state index in [4.69, 9.17) is 16.3 Å². The summed E-state index contributed by atoms with van der Waals surface area (Å²) in [5.41, 5.74) is 1.95. The second kappa shape index (κ2) is 9.30. The van der Waals surface area contributed by atoms with Crippen LogP contribution in [0.1, 0.15) is 10.6 Å². The molecule has 0 radical (unpaired) electrons. The zero-order chi connectivity index (χ0) is 19.1. The van der Waals surface area contributed by atoms with Gasteiger partial charge in [-0.15, -0.1) is 11.3 Å². The van der Waals surface area contributed by atoms with Gasteiger partial charge in [-0.25, -0.2) is 9.78 Å². The third kappa shape index (κ3) is 5.91. The van der Waals surface area contributed by atoms with E-state index in [1.54, 1.807) is 18.2 Å². The maximum Gasteiger partial charge on any atom is 0.331 e. The molecule has 27 heavy (non-hydrogen) atoms. The lowest BCUT2D eigenvalue weighted by Crippen LogP contribution is -2.30. The Morgan fingerprint density at radius 1 is 1.15 bits per heavy atom. The lowest BCUT2D eigenvalue weighted by atomic mass is 10.1. The maximum atomic E-state index is 11.7. The molecule has 7 heteroatoms. The van der Waals surface area contributed by atoms with E-state index in [9.17, 15) is 9.59 Å². The Morgan fingerprint density at radius 2 is 1.93 bits per heavy atom. The quantitative estimate of drug-likeness (QED) is 0.483. The summed E-state index contributed by atoms with van der Waals surface area (Å²) in [5, 5.41) is 4.09. The number of amides is 1. The van der Waals surface area contributed by atoms with Crippen LogP contribution < -0.4 is 5.32 Å². The lowest BCUT2D eigenvalue weighted by molar-refractivity contribution is -0.143. The van der Waals surface area contributed by atoms with E-state index >= 15 is 0 Å². The molecule has 0 aliphatic heterocycles. The highest BCUT2D eigenvalue weighted by atomic mass is 35.5. The Bertz CT molecular complexity index is 934. The fraction of sp³-hybridized carbons (Fsp3) is 0.150. The highest BCUT2D eigenvalue weighted by Gasteiger charge is 2.06. The number of halogens is 1. The number of hydrogen-bond donors (Lipinski definition) is 1. The fourth-order valence-corrected chi connectivity index (χ4v) is 3.33. The van der Waals surface area contributed by atoms with E-state index in [-0.39, 0.29) is 12.5 Å². The van der Waals surface area contributed by atoms with E-state index in [1.807, 2.05) is 36.4 Å². The fourth-order valence-electron chi connectivity index (χ4n) is 2.33. The van der Waals surface area contributed by atoms with Gasteiger partial charge in [-0.3, -0.25) is 4.79 Å². The van der Waals surface area contributed by atoms with Crippen LogP contribution in [0.2, 0.25) is 5.02 Å². The van der Waals surface area contributed by atoms with Gasteiger partial charge in [-0.1, -0.05) is 35.9 Å². The molecular weight excluding hydrogens is 384 g/mol. The zero-order valence-electron chi connectivity index (χ0n) is 14.4. The first-order valence-electron chi connectivity index (χ1n) is 8.32. The van der Waals surface area contributed by atoms with Crippen LogP contribution in [0.15, 0.2) is 54.6 Å². The smallest absolute Gasteiger partial charge is 0.331 e. The summed E-state index contributed by atoms with van der Waals surface area (Å²) in [5.74, 6) is -0.923. The van der Waals surface area contributed by atoms with Crippen LogP contribution >= 0.6 is 22.9 Å². The number of esters is 1. The number of hydrogen-bond acceptors (Lipinski definition) is 5. The van der Waals surface area contributed by atoms with Crippen LogP contribution in [0.4, 0.5) is 0 Å². The minimum absolute atomic E-state index is 0.316. The molecule has 138 valence electrons. The number of fused-ring (bicyclic) bond motifs is 1. The molecule has 2 aromatic carbocycles. The average molecular weight is 401 g/mol. The molecule has 0 spiro atoms. The molecule has 0 unspecified atom stereocenters. The van der Waals surface area contributed by atoms with Crippen LogP contribution in [0.5, 0.6) is 0 Å². The number of nitrogens with one attached hydrogen (secondary N) is 1. The Kier molecular flexibility index (Phi) is 6.57. The minimum atomic E-state index is -0.581. The molecule has 0 aliphatic carbocycles. The molecular formula is C20H17ClN2O3S. The summed E-state index contributed by atoms with van der Waals surface area (Å²) in [6.07, 6.45) is 3.54. The van der Waals surface area contributed by atoms with Crippen molar-refractivity contribution in [3.8, 4) is 0 Å². The van der Waals surface area contributed by atoms with E-state index in [2.05, 4.69) is 10.3 Å². The standard InChI is InChI=1S/C20H17ClN2O3S/c21-15-7-5-14(6-8-15)11-12-22-18(24)13-26-20(25)10-9-19-23-16-3-1-2-4-17(16)27-19/h1-10H,11-13H2,(H,22,24)/b10-9+. The largest absolute Gasteiger partial charge is 0.452 e. The number of benzene rings is 2. The van der Waals surface area contributed by atoms with E-state index in [0.29, 0.717) is 23.0 Å². The molecule has 0 bridgehead atoms. The topological polar surface area (TPSA) is 68.3 Å². The monoisotopic (exact) mass is 400 g/mol. The molecule has 1 amide bonds. The van der Waals surface area contributed by atoms with Crippen molar-refractivity contribution in [2.24, 2.45) is 0 Å². The van der Waals surface area contributed by atoms with Crippen molar-refractivity contribution >= 4 is 51.1 Å². The predicted molar refractivity (Wildman–Crippen MR) is 108 cm³/mol. The third-order valence-corrected chi connectivity index (χ3v) is 4.92. The normalized spacial score (nSPS) is 11.0.